The van der Waals surface area contributed by atoms with Crippen molar-refractivity contribution in [3.63, 3.8) is 0 Å². The van der Waals surface area contributed by atoms with E-state index >= 15 is 0 Å². The number of carbonyl (C=O) groups excluding carboxylic acids is 1. The summed E-state index contributed by atoms with van der Waals surface area (Å²) in [7, 11) is 0. The fourth-order valence-electron chi connectivity index (χ4n) is 2.62. The number of amides is 1. The van der Waals surface area contributed by atoms with Crippen LogP contribution in [0.2, 0.25) is 0 Å². The van der Waals surface area contributed by atoms with Crippen LogP contribution in [0.3, 0.4) is 0 Å². The molecule has 3 nitrogen and oxygen atoms in total. The lowest BCUT2D eigenvalue weighted by Crippen LogP contribution is -2.39. The number of carbonyl (C=O) groups is 1. The van der Waals surface area contributed by atoms with Crippen molar-refractivity contribution >= 4 is 5.91 Å². The molecule has 0 bridgehead atoms. The molecule has 3 heteroatoms. The fraction of sp³-hybridized carbons (Fsp3) is 0.350. The first-order valence-electron chi connectivity index (χ1n) is 8.10. The third-order valence-electron chi connectivity index (χ3n) is 3.80. The molecule has 2 atom stereocenters. The molecule has 1 N–H and O–H groups in total. The van der Waals surface area contributed by atoms with Crippen LogP contribution in [0, 0.1) is 13.8 Å². The van der Waals surface area contributed by atoms with Crippen LogP contribution in [-0.4, -0.2) is 12.0 Å². The van der Waals surface area contributed by atoms with Crippen molar-refractivity contribution in [2.24, 2.45) is 0 Å². The Labute approximate surface area is 138 Å². The van der Waals surface area contributed by atoms with E-state index in [9.17, 15) is 4.79 Å². The average Bonchev–Trinajstić information content (AvgIpc) is 2.52. The van der Waals surface area contributed by atoms with Gasteiger partial charge in [-0.2, -0.15) is 0 Å². The van der Waals surface area contributed by atoms with E-state index < -0.39 is 6.10 Å². The van der Waals surface area contributed by atoms with Crippen LogP contribution in [-0.2, 0) is 4.79 Å². The molecule has 0 fully saturated rings. The highest BCUT2D eigenvalue weighted by Crippen LogP contribution is 2.19. The second kappa shape index (κ2) is 7.82. The molecule has 0 aliphatic rings. The first-order valence-corrected chi connectivity index (χ1v) is 8.10. The lowest BCUT2D eigenvalue weighted by molar-refractivity contribution is -0.128. The Morgan fingerprint density at radius 1 is 1.09 bits per heavy atom. The molecule has 0 heterocycles. The average molecular weight is 311 g/mol. The molecular weight excluding hydrogens is 286 g/mol. The fourth-order valence-corrected chi connectivity index (χ4v) is 2.62. The van der Waals surface area contributed by atoms with Gasteiger partial charge in [0.15, 0.2) is 6.10 Å². The van der Waals surface area contributed by atoms with E-state index in [2.05, 4.69) is 11.4 Å². The second-order valence-electron chi connectivity index (χ2n) is 5.98. The molecule has 23 heavy (non-hydrogen) atoms. The molecule has 0 aliphatic heterocycles. The highest BCUT2D eigenvalue weighted by molar-refractivity contribution is 5.81. The Kier molecular flexibility index (Phi) is 5.80. The summed E-state index contributed by atoms with van der Waals surface area (Å²) in [6.07, 6.45) is 0.141. The predicted octanol–water partition coefficient (Wildman–Crippen LogP) is 4.34. The number of hydrogen-bond donors (Lipinski definition) is 1. The molecule has 2 unspecified atom stereocenters. The lowest BCUT2D eigenvalue weighted by Gasteiger charge is -2.21. The molecule has 2 rings (SSSR count). The molecule has 0 aromatic heterocycles. The smallest absolute Gasteiger partial charge is 0.261 e. The van der Waals surface area contributed by atoms with Gasteiger partial charge in [0.2, 0.25) is 0 Å². The zero-order valence-electron chi connectivity index (χ0n) is 14.3. The van der Waals surface area contributed by atoms with E-state index in [1.54, 1.807) is 0 Å². The van der Waals surface area contributed by atoms with Gasteiger partial charge in [-0.15, -0.1) is 0 Å². The summed E-state index contributed by atoms with van der Waals surface area (Å²) in [5.74, 6) is 0.667. The van der Waals surface area contributed by atoms with Crippen LogP contribution in [0.15, 0.2) is 48.5 Å². The largest absolute Gasteiger partial charge is 0.481 e. The molecule has 0 saturated carbocycles. The number of nitrogens with one attached hydrogen (secondary N) is 1. The van der Waals surface area contributed by atoms with Gasteiger partial charge in [-0.3, -0.25) is 4.79 Å². The van der Waals surface area contributed by atoms with Crippen molar-refractivity contribution in [2.45, 2.75) is 46.3 Å². The summed E-state index contributed by atoms with van der Waals surface area (Å²) in [6, 6.07) is 15.9. The van der Waals surface area contributed by atoms with Gasteiger partial charge < -0.3 is 10.1 Å². The molecule has 122 valence electrons. The van der Waals surface area contributed by atoms with Crippen LogP contribution in [0.25, 0.3) is 0 Å². The third-order valence-corrected chi connectivity index (χ3v) is 3.80. The number of rotatable bonds is 6. The van der Waals surface area contributed by atoms with E-state index in [4.69, 9.17) is 4.74 Å². The van der Waals surface area contributed by atoms with Crippen LogP contribution in [0.4, 0.5) is 0 Å². The van der Waals surface area contributed by atoms with E-state index in [0.717, 1.165) is 22.4 Å². The summed E-state index contributed by atoms with van der Waals surface area (Å²) in [5.41, 5.74) is 3.35. The Morgan fingerprint density at radius 3 is 2.26 bits per heavy atom. The Morgan fingerprint density at radius 2 is 1.70 bits per heavy atom. The van der Waals surface area contributed by atoms with E-state index in [0.29, 0.717) is 6.42 Å². The lowest BCUT2D eigenvalue weighted by atomic mass is 10.1. The normalized spacial score (nSPS) is 13.2. The van der Waals surface area contributed by atoms with Gasteiger partial charge in [0.05, 0.1) is 6.04 Å². The maximum atomic E-state index is 12.5. The molecular formula is C20H25NO2. The van der Waals surface area contributed by atoms with Gasteiger partial charge in [-0.1, -0.05) is 43.3 Å². The Balaban J connectivity index is 2.03. The minimum atomic E-state index is -0.484. The number of hydrogen-bond acceptors (Lipinski definition) is 2. The number of benzene rings is 2. The zero-order chi connectivity index (χ0) is 16.8. The summed E-state index contributed by atoms with van der Waals surface area (Å²) in [6.45, 7) is 7.99. The summed E-state index contributed by atoms with van der Waals surface area (Å²) < 4.78 is 5.91. The SMILES string of the molecule is CCC(Oc1cc(C)cc(C)c1)C(=O)NC(C)c1ccccc1. The molecule has 0 saturated heterocycles. The van der Waals surface area contributed by atoms with Crippen molar-refractivity contribution in [1.82, 2.24) is 5.32 Å². The second-order valence-corrected chi connectivity index (χ2v) is 5.98. The topological polar surface area (TPSA) is 38.3 Å². The molecule has 0 aliphatic carbocycles. The maximum Gasteiger partial charge on any atom is 0.261 e. The summed E-state index contributed by atoms with van der Waals surface area (Å²) in [4.78, 5) is 12.5. The molecule has 2 aromatic carbocycles. The van der Waals surface area contributed by atoms with Crippen molar-refractivity contribution in [1.29, 1.82) is 0 Å². The van der Waals surface area contributed by atoms with Crippen LogP contribution in [0.5, 0.6) is 5.75 Å². The monoisotopic (exact) mass is 311 g/mol. The molecule has 1 amide bonds. The van der Waals surface area contributed by atoms with Gasteiger partial charge in [0, 0.05) is 0 Å². The zero-order valence-corrected chi connectivity index (χ0v) is 14.3. The maximum absolute atomic E-state index is 12.5. The summed E-state index contributed by atoms with van der Waals surface area (Å²) >= 11 is 0. The molecule has 2 aromatic rings. The van der Waals surface area contributed by atoms with Crippen molar-refractivity contribution in [3.8, 4) is 5.75 Å². The Bertz CT molecular complexity index is 632. The van der Waals surface area contributed by atoms with Gasteiger partial charge >= 0.3 is 0 Å². The Hall–Kier alpha value is -2.29. The highest BCUT2D eigenvalue weighted by atomic mass is 16.5. The van der Waals surface area contributed by atoms with E-state index in [1.165, 1.54) is 0 Å². The van der Waals surface area contributed by atoms with Crippen LogP contribution >= 0.6 is 0 Å². The van der Waals surface area contributed by atoms with Crippen molar-refractivity contribution in [2.75, 3.05) is 0 Å². The number of aryl methyl sites for hydroxylation is 2. The van der Waals surface area contributed by atoms with Crippen molar-refractivity contribution < 1.29 is 9.53 Å². The predicted molar refractivity (Wildman–Crippen MR) is 93.6 cm³/mol. The molecule has 0 spiro atoms. The minimum absolute atomic E-state index is 0.0411. The first kappa shape index (κ1) is 17.1. The van der Waals surface area contributed by atoms with Crippen LogP contribution < -0.4 is 10.1 Å². The van der Waals surface area contributed by atoms with Crippen LogP contribution in [0.1, 0.15) is 43.0 Å². The standard InChI is InChI=1S/C20H25NO2/c1-5-19(23-18-12-14(2)11-15(3)13-18)20(22)21-16(4)17-9-7-6-8-10-17/h6-13,16,19H,5H2,1-4H3,(H,21,22). The highest BCUT2D eigenvalue weighted by Gasteiger charge is 2.20. The number of ether oxygens (including phenoxy) is 1. The van der Waals surface area contributed by atoms with Gasteiger partial charge in [0.25, 0.3) is 5.91 Å². The van der Waals surface area contributed by atoms with Gasteiger partial charge in [-0.05, 0) is 56.0 Å². The van der Waals surface area contributed by atoms with E-state index in [1.807, 2.05) is 70.2 Å². The quantitative estimate of drug-likeness (QED) is 0.862. The van der Waals surface area contributed by atoms with Gasteiger partial charge in [0.1, 0.15) is 5.75 Å². The van der Waals surface area contributed by atoms with E-state index in [-0.39, 0.29) is 11.9 Å². The van der Waals surface area contributed by atoms with Gasteiger partial charge in [-0.25, -0.2) is 0 Å². The molecule has 0 radical (unpaired) electrons. The third kappa shape index (κ3) is 4.85. The summed E-state index contributed by atoms with van der Waals surface area (Å²) in [5, 5.41) is 3.03. The minimum Gasteiger partial charge on any atom is -0.481 e. The first-order chi connectivity index (χ1) is 11.0. The van der Waals surface area contributed by atoms with Crippen molar-refractivity contribution in [3.05, 3.63) is 65.2 Å².